The number of carboxylic acids is 1. The van der Waals surface area contributed by atoms with E-state index in [4.69, 9.17) is 9.57 Å². The molecule has 0 saturated carbocycles. The Balaban J connectivity index is 2.23. The lowest BCUT2D eigenvalue weighted by atomic mass is 9.62. The van der Waals surface area contributed by atoms with E-state index in [1.807, 2.05) is 6.92 Å². The van der Waals surface area contributed by atoms with Gasteiger partial charge in [0, 0.05) is 11.1 Å². The number of benzene rings is 2. The normalized spacial score (nSPS) is 17.2. The molecule has 0 bridgehead atoms. The molecule has 0 spiro atoms. The van der Waals surface area contributed by atoms with Gasteiger partial charge < -0.3 is 14.7 Å². The largest absolute Gasteiger partial charge is 0.493 e. The van der Waals surface area contributed by atoms with Gasteiger partial charge in [0.2, 0.25) is 0 Å². The molecule has 0 atom stereocenters. The third-order valence-corrected chi connectivity index (χ3v) is 6.10. The molecule has 0 unspecified atom stereocenters. The number of hydrogen-bond donors (Lipinski definition) is 1. The number of carbonyl (C=O) groups is 1. The number of carboxylic acid groups (broad SMARTS) is 1. The highest BCUT2D eigenvalue weighted by molar-refractivity contribution is 6.14. The summed E-state index contributed by atoms with van der Waals surface area (Å²) < 4.78 is 6.04. The molecule has 5 heteroatoms. The molecule has 1 aliphatic carbocycles. The molecular formula is C25H31NO4. The van der Waals surface area contributed by atoms with Crippen molar-refractivity contribution >= 4 is 11.7 Å². The zero-order chi connectivity index (χ0) is 22.1. The van der Waals surface area contributed by atoms with Gasteiger partial charge in [-0.1, -0.05) is 45.0 Å². The van der Waals surface area contributed by atoms with Gasteiger partial charge in [-0.05, 0) is 66.0 Å². The summed E-state index contributed by atoms with van der Waals surface area (Å²) in [6.07, 6.45) is 2.22. The van der Waals surface area contributed by atoms with Crippen molar-refractivity contribution in [3.8, 4) is 5.75 Å². The molecule has 0 amide bonds. The van der Waals surface area contributed by atoms with Gasteiger partial charge in [-0.15, -0.1) is 0 Å². The minimum Gasteiger partial charge on any atom is -0.493 e. The Hall–Kier alpha value is -2.82. The van der Waals surface area contributed by atoms with Crippen molar-refractivity contribution in [3.63, 3.8) is 0 Å². The van der Waals surface area contributed by atoms with Crippen LogP contribution >= 0.6 is 0 Å². The minimum atomic E-state index is -0.959. The smallest absolute Gasteiger partial charge is 0.335 e. The van der Waals surface area contributed by atoms with Crippen LogP contribution in [0.4, 0.5) is 0 Å². The number of aromatic carboxylic acids is 1. The summed E-state index contributed by atoms with van der Waals surface area (Å²) in [5, 5.41) is 13.5. The Labute approximate surface area is 178 Å². The van der Waals surface area contributed by atoms with Crippen molar-refractivity contribution in [3.05, 3.63) is 64.2 Å². The van der Waals surface area contributed by atoms with E-state index in [9.17, 15) is 9.90 Å². The van der Waals surface area contributed by atoms with Crippen LogP contribution in [0.25, 0.3) is 0 Å². The fourth-order valence-electron chi connectivity index (χ4n) is 4.17. The first-order valence-corrected chi connectivity index (χ1v) is 10.4. The Morgan fingerprint density at radius 1 is 1.00 bits per heavy atom. The molecule has 0 heterocycles. The molecule has 0 radical (unpaired) electrons. The zero-order valence-electron chi connectivity index (χ0n) is 18.7. The van der Waals surface area contributed by atoms with Crippen LogP contribution in [0.3, 0.4) is 0 Å². The summed E-state index contributed by atoms with van der Waals surface area (Å²) >= 11 is 0. The van der Waals surface area contributed by atoms with Crippen LogP contribution < -0.4 is 4.74 Å². The highest BCUT2D eigenvalue weighted by Crippen LogP contribution is 2.48. The predicted molar refractivity (Wildman–Crippen MR) is 119 cm³/mol. The van der Waals surface area contributed by atoms with Crippen LogP contribution in [-0.4, -0.2) is 30.5 Å². The Morgan fingerprint density at radius 2 is 1.53 bits per heavy atom. The van der Waals surface area contributed by atoms with E-state index < -0.39 is 5.97 Å². The summed E-state index contributed by atoms with van der Waals surface area (Å²) in [6.45, 7) is 11.6. The van der Waals surface area contributed by atoms with Gasteiger partial charge >= 0.3 is 5.97 Å². The van der Waals surface area contributed by atoms with E-state index in [2.05, 4.69) is 45.0 Å². The van der Waals surface area contributed by atoms with Crippen molar-refractivity contribution < 1.29 is 19.5 Å². The van der Waals surface area contributed by atoms with E-state index in [1.165, 1.54) is 18.2 Å². The van der Waals surface area contributed by atoms with Gasteiger partial charge in [0.05, 0.1) is 12.2 Å². The third-order valence-electron chi connectivity index (χ3n) is 6.10. The molecule has 5 nitrogen and oxygen atoms in total. The van der Waals surface area contributed by atoms with Gasteiger partial charge in [0.15, 0.2) is 0 Å². The molecule has 2 aromatic carbocycles. The van der Waals surface area contributed by atoms with Crippen LogP contribution in [-0.2, 0) is 15.7 Å². The van der Waals surface area contributed by atoms with Gasteiger partial charge in [-0.2, -0.15) is 0 Å². The van der Waals surface area contributed by atoms with Crippen molar-refractivity contribution in [1.82, 2.24) is 0 Å². The van der Waals surface area contributed by atoms with E-state index in [0.29, 0.717) is 12.3 Å². The van der Waals surface area contributed by atoms with Crippen LogP contribution in [0.5, 0.6) is 5.75 Å². The van der Waals surface area contributed by atoms with E-state index in [0.717, 1.165) is 29.7 Å². The highest BCUT2D eigenvalue weighted by Gasteiger charge is 2.38. The number of fused-ring (bicyclic) bond motifs is 1. The molecule has 160 valence electrons. The predicted octanol–water partition coefficient (Wildman–Crippen LogP) is 5.53. The highest BCUT2D eigenvalue weighted by atomic mass is 16.6. The summed E-state index contributed by atoms with van der Waals surface area (Å²) in [5.74, 6) is -0.195. The van der Waals surface area contributed by atoms with Crippen LogP contribution in [0.15, 0.2) is 41.6 Å². The summed E-state index contributed by atoms with van der Waals surface area (Å²) in [5.41, 5.74) is 5.19. The first kappa shape index (κ1) is 21.9. The maximum absolute atomic E-state index is 11.2. The Morgan fingerprint density at radius 3 is 2.03 bits per heavy atom. The number of rotatable bonds is 6. The van der Waals surface area contributed by atoms with E-state index in [-0.39, 0.29) is 16.4 Å². The van der Waals surface area contributed by atoms with Gasteiger partial charge in [0.25, 0.3) is 0 Å². The van der Waals surface area contributed by atoms with Crippen LogP contribution in [0, 0.1) is 0 Å². The Bertz CT molecular complexity index is 971. The first-order chi connectivity index (χ1) is 14.1. The fourth-order valence-corrected chi connectivity index (χ4v) is 4.17. The number of nitrogens with zero attached hydrogens (tertiary/aromatic N) is 1. The van der Waals surface area contributed by atoms with Crippen molar-refractivity contribution in [2.45, 2.75) is 58.3 Å². The minimum absolute atomic E-state index is 0.0374. The second-order valence-electron chi connectivity index (χ2n) is 9.10. The monoisotopic (exact) mass is 409 g/mol. The Kier molecular flexibility index (Phi) is 5.93. The second-order valence-corrected chi connectivity index (χ2v) is 9.10. The quantitative estimate of drug-likeness (QED) is 0.503. The van der Waals surface area contributed by atoms with Gasteiger partial charge in [-0.3, -0.25) is 0 Å². The number of oxime groups is 1. The maximum Gasteiger partial charge on any atom is 0.335 e. The van der Waals surface area contributed by atoms with Crippen molar-refractivity contribution in [1.29, 1.82) is 0 Å². The van der Waals surface area contributed by atoms with Gasteiger partial charge in [0.1, 0.15) is 18.6 Å². The van der Waals surface area contributed by atoms with Crippen molar-refractivity contribution in [2.75, 3.05) is 13.7 Å². The maximum atomic E-state index is 11.2. The van der Waals surface area contributed by atoms with Crippen LogP contribution in [0.2, 0.25) is 0 Å². The van der Waals surface area contributed by atoms with Gasteiger partial charge in [-0.25, -0.2) is 4.79 Å². The topological polar surface area (TPSA) is 68.1 Å². The molecule has 0 aliphatic heterocycles. The molecular weight excluding hydrogens is 378 g/mol. The molecule has 1 aliphatic rings. The molecule has 2 aromatic rings. The molecule has 30 heavy (non-hydrogen) atoms. The summed E-state index contributed by atoms with van der Waals surface area (Å²) in [7, 11) is 1.51. The van der Waals surface area contributed by atoms with E-state index >= 15 is 0 Å². The summed E-state index contributed by atoms with van der Waals surface area (Å²) in [6, 6.07) is 11.0. The average Bonchev–Trinajstić information content (AvgIpc) is 2.70. The molecule has 1 N–H and O–H groups in total. The average molecular weight is 410 g/mol. The lowest BCUT2D eigenvalue weighted by molar-refractivity contribution is 0.0697. The second kappa shape index (κ2) is 8.13. The number of hydrogen-bond acceptors (Lipinski definition) is 4. The molecule has 0 aromatic heterocycles. The molecule has 0 saturated heterocycles. The molecule has 0 fully saturated rings. The first-order valence-electron chi connectivity index (χ1n) is 10.4. The summed E-state index contributed by atoms with van der Waals surface area (Å²) in [4.78, 5) is 16.4. The lowest BCUT2D eigenvalue weighted by Gasteiger charge is -2.42. The molecule has 3 rings (SSSR count). The SMILES string of the molecule is CCOc1cc2c(cc1C(=NOC)c1ccc(C(=O)O)cc1)C(C)(C)CCC2(C)C. The van der Waals surface area contributed by atoms with E-state index in [1.54, 1.807) is 24.3 Å². The zero-order valence-corrected chi connectivity index (χ0v) is 18.7. The fraction of sp³-hybridized carbons (Fsp3) is 0.440. The van der Waals surface area contributed by atoms with Crippen molar-refractivity contribution in [2.24, 2.45) is 5.16 Å². The number of ether oxygens (including phenoxy) is 1. The standard InChI is InChI=1S/C25H31NO4/c1-7-30-21-15-20-19(24(2,3)12-13-25(20,4)5)14-18(21)22(26-29-6)16-8-10-17(11-9-16)23(27)28/h8-11,14-15H,7,12-13H2,1-6H3,(H,27,28). The lowest BCUT2D eigenvalue weighted by Crippen LogP contribution is -2.34. The van der Waals surface area contributed by atoms with Crippen LogP contribution in [0.1, 0.15) is 80.1 Å². The third kappa shape index (κ3) is 4.07.